The van der Waals surface area contributed by atoms with E-state index in [2.05, 4.69) is 15.8 Å². The van der Waals surface area contributed by atoms with E-state index < -0.39 is 35.8 Å². The largest absolute Gasteiger partial charge is 0.444 e. The van der Waals surface area contributed by atoms with E-state index in [0.717, 1.165) is 16.0 Å². The summed E-state index contributed by atoms with van der Waals surface area (Å²) in [6.45, 7) is 5.26. The Morgan fingerprint density at radius 3 is 2.58 bits per heavy atom. The Balaban J connectivity index is 1.79. The SMILES string of the molecule is CO/N=C1\c2sccc2C(NC(=O)C(Cc2ccccc2)NC(=O)OC(C)(C)C)C1O. The number of carbonyl (C=O) groups excluding carboxylic acids is 2. The third-order valence-electron chi connectivity index (χ3n) is 4.64. The first-order chi connectivity index (χ1) is 14.7. The van der Waals surface area contributed by atoms with Crippen LogP contribution in [0.1, 0.15) is 42.8 Å². The summed E-state index contributed by atoms with van der Waals surface area (Å²) in [5.41, 5.74) is 1.31. The third-order valence-corrected chi connectivity index (χ3v) is 5.59. The predicted molar refractivity (Wildman–Crippen MR) is 118 cm³/mol. The molecule has 2 aromatic rings. The zero-order valence-electron chi connectivity index (χ0n) is 17.9. The van der Waals surface area contributed by atoms with E-state index in [4.69, 9.17) is 9.57 Å². The fourth-order valence-electron chi connectivity index (χ4n) is 3.35. The lowest BCUT2D eigenvalue weighted by Crippen LogP contribution is -2.51. The number of amides is 2. The lowest BCUT2D eigenvalue weighted by atomic mass is 10.0. The molecule has 0 saturated heterocycles. The number of nitrogens with zero attached hydrogens (tertiary/aromatic N) is 1. The average Bonchev–Trinajstić information content (AvgIpc) is 3.25. The number of hydrogen-bond acceptors (Lipinski definition) is 7. The maximum Gasteiger partial charge on any atom is 0.408 e. The van der Waals surface area contributed by atoms with E-state index in [1.807, 2.05) is 41.8 Å². The van der Waals surface area contributed by atoms with E-state index in [1.165, 1.54) is 18.4 Å². The molecular weight excluding hydrogens is 418 g/mol. The van der Waals surface area contributed by atoms with Gasteiger partial charge in [-0.3, -0.25) is 4.79 Å². The molecule has 0 spiro atoms. The standard InChI is InChI=1S/C22H27N3O5S/c1-22(2,3)30-21(28)23-15(12-13-8-6-5-7-9-13)20(27)24-16-14-10-11-31-19(14)17(18(16)26)25-29-4/h5-11,15-16,18,26H,12H2,1-4H3,(H,23,28)(H,24,27)/b25-17-. The molecular formula is C22H27N3O5S. The van der Waals surface area contributed by atoms with Crippen molar-refractivity contribution in [3.05, 3.63) is 57.8 Å². The Labute approximate surface area is 185 Å². The Bertz CT molecular complexity index is 952. The van der Waals surface area contributed by atoms with Crippen LogP contribution in [0.2, 0.25) is 0 Å². The fourth-order valence-corrected chi connectivity index (χ4v) is 4.31. The van der Waals surface area contributed by atoms with Gasteiger partial charge in [-0.25, -0.2) is 4.79 Å². The molecule has 166 valence electrons. The minimum Gasteiger partial charge on any atom is -0.444 e. The van der Waals surface area contributed by atoms with E-state index in [0.29, 0.717) is 5.71 Å². The van der Waals surface area contributed by atoms with E-state index >= 15 is 0 Å². The summed E-state index contributed by atoms with van der Waals surface area (Å²) in [7, 11) is 1.40. The lowest BCUT2D eigenvalue weighted by molar-refractivity contribution is -0.124. The molecule has 1 heterocycles. The molecule has 0 radical (unpaired) electrons. The van der Waals surface area contributed by atoms with Crippen molar-refractivity contribution >= 4 is 29.0 Å². The van der Waals surface area contributed by atoms with Gasteiger partial charge in [0.25, 0.3) is 0 Å². The van der Waals surface area contributed by atoms with Gasteiger partial charge in [0.05, 0.1) is 10.9 Å². The van der Waals surface area contributed by atoms with Crippen LogP contribution in [0.15, 0.2) is 46.9 Å². The van der Waals surface area contributed by atoms with Crippen molar-refractivity contribution in [1.82, 2.24) is 10.6 Å². The summed E-state index contributed by atoms with van der Waals surface area (Å²) in [6, 6.07) is 9.61. The van der Waals surface area contributed by atoms with Crippen LogP contribution in [-0.2, 0) is 20.8 Å². The molecule has 0 fully saturated rings. The molecule has 3 N–H and O–H groups in total. The first-order valence-electron chi connectivity index (χ1n) is 9.90. The maximum atomic E-state index is 13.2. The summed E-state index contributed by atoms with van der Waals surface area (Å²) >= 11 is 1.41. The van der Waals surface area contributed by atoms with Crippen molar-refractivity contribution < 1.29 is 24.3 Å². The molecule has 3 rings (SSSR count). The molecule has 2 amide bonds. The average molecular weight is 446 g/mol. The first kappa shape index (κ1) is 22.8. The number of aliphatic hydroxyl groups is 1. The second-order valence-corrected chi connectivity index (χ2v) is 9.10. The molecule has 8 nitrogen and oxygen atoms in total. The number of benzene rings is 1. The second kappa shape index (κ2) is 9.49. The van der Waals surface area contributed by atoms with Crippen LogP contribution < -0.4 is 10.6 Å². The van der Waals surface area contributed by atoms with E-state index in [9.17, 15) is 14.7 Å². The predicted octanol–water partition coefficient (Wildman–Crippen LogP) is 2.77. The number of rotatable bonds is 6. The molecule has 1 aromatic heterocycles. The van der Waals surface area contributed by atoms with Crippen LogP contribution in [-0.4, -0.2) is 47.7 Å². The van der Waals surface area contributed by atoms with Crippen LogP contribution in [0.4, 0.5) is 4.79 Å². The molecule has 0 bridgehead atoms. The van der Waals surface area contributed by atoms with Crippen molar-refractivity contribution in [3.8, 4) is 0 Å². The van der Waals surface area contributed by atoms with Gasteiger partial charge in [-0.15, -0.1) is 11.3 Å². The van der Waals surface area contributed by atoms with Gasteiger partial charge in [0.2, 0.25) is 5.91 Å². The van der Waals surface area contributed by atoms with Crippen LogP contribution >= 0.6 is 11.3 Å². The monoisotopic (exact) mass is 445 g/mol. The van der Waals surface area contributed by atoms with Crippen molar-refractivity contribution in [3.63, 3.8) is 0 Å². The summed E-state index contributed by atoms with van der Waals surface area (Å²) < 4.78 is 5.33. The highest BCUT2D eigenvalue weighted by atomic mass is 32.1. The summed E-state index contributed by atoms with van der Waals surface area (Å²) in [5, 5.41) is 22.0. The highest BCUT2D eigenvalue weighted by Gasteiger charge is 2.40. The normalized spacial score (nSPS) is 20.1. The topological polar surface area (TPSA) is 109 Å². The minimum atomic E-state index is -1.05. The van der Waals surface area contributed by atoms with Gasteiger partial charge >= 0.3 is 6.09 Å². The number of aliphatic hydroxyl groups excluding tert-OH is 1. The van der Waals surface area contributed by atoms with Gasteiger partial charge in [-0.05, 0) is 43.3 Å². The molecule has 1 aliphatic rings. The van der Waals surface area contributed by atoms with Crippen molar-refractivity contribution in [1.29, 1.82) is 0 Å². The molecule has 31 heavy (non-hydrogen) atoms. The van der Waals surface area contributed by atoms with Crippen molar-refractivity contribution in [2.75, 3.05) is 7.11 Å². The van der Waals surface area contributed by atoms with Crippen LogP contribution in [0.5, 0.6) is 0 Å². The van der Waals surface area contributed by atoms with Gasteiger partial charge in [0.1, 0.15) is 30.6 Å². The first-order valence-corrected chi connectivity index (χ1v) is 10.8. The highest BCUT2D eigenvalue weighted by Crippen LogP contribution is 2.36. The van der Waals surface area contributed by atoms with E-state index in [-0.39, 0.29) is 6.42 Å². The molecule has 3 unspecified atom stereocenters. The number of oxime groups is 1. The van der Waals surface area contributed by atoms with Crippen molar-refractivity contribution in [2.24, 2.45) is 5.16 Å². The lowest BCUT2D eigenvalue weighted by Gasteiger charge is -2.25. The number of thiophene rings is 1. The Morgan fingerprint density at radius 1 is 1.23 bits per heavy atom. The quantitative estimate of drug-likeness (QED) is 0.593. The van der Waals surface area contributed by atoms with Gasteiger partial charge in [0.15, 0.2) is 0 Å². The Kier molecular flexibility index (Phi) is 6.97. The van der Waals surface area contributed by atoms with Gasteiger partial charge < -0.3 is 25.3 Å². The Morgan fingerprint density at radius 2 is 1.94 bits per heavy atom. The van der Waals surface area contributed by atoms with Gasteiger partial charge in [0, 0.05) is 6.42 Å². The molecule has 1 aromatic carbocycles. The highest BCUT2D eigenvalue weighted by molar-refractivity contribution is 7.12. The molecule has 9 heteroatoms. The number of carbonyl (C=O) groups is 2. The molecule has 3 atom stereocenters. The number of fused-ring (bicyclic) bond motifs is 1. The van der Waals surface area contributed by atoms with E-state index in [1.54, 1.807) is 20.8 Å². The third kappa shape index (κ3) is 5.62. The minimum absolute atomic E-state index is 0.268. The summed E-state index contributed by atoms with van der Waals surface area (Å²) in [6.07, 6.45) is -1.47. The molecule has 1 aliphatic carbocycles. The van der Waals surface area contributed by atoms with Crippen molar-refractivity contribution in [2.45, 2.75) is 51.0 Å². The Hall–Kier alpha value is -2.91. The number of ether oxygens (including phenoxy) is 1. The fraction of sp³-hybridized carbons (Fsp3) is 0.409. The zero-order valence-corrected chi connectivity index (χ0v) is 18.7. The summed E-state index contributed by atoms with van der Waals surface area (Å²) in [5.74, 6) is -0.436. The molecule has 0 saturated carbocycles. The van der Waals surface area contributed by atoms with Gasteiger partial charge in [-0.1, -0.05) is 35.5 Å². The van der Waals surface area contributed by atoms with Gasteiger partial charge in [-0.2, -0.15) is 0 Å². The smallest absolute Gasteiger partial charge is 0.408 e. The molecule has 0 aliphatic heterocycles. The van der Waals surface area contributed by atoms with Crippen LogP contribution in [0.25, 0.3) is 0 Å². The number of nitrogens with one attached hydrogen (secondary N) is 2. The zero-order chi connectivity index (χ0) is 22.6. The van der Waals surface area contributed by atoms with Crippen LogP contribution in [0.3, 0.4) is 0 Å². The number of hydrogen-bond donors (Lipinski definition) is 3. The van der Waals surface area contributed by atoms with Crippen LogP contribution in [0, 0.1) is 0 Å². The second-order valence-electron chi connectivity index (χ2n) is 8.18. The summed E-state index contributed by atoms with van der Waals surface area (Å²) in [4.78, 5) is 31.2. The maximum absolute atomic E-state index is 13.2. The number of alkyl carbamates (subject to hydrolysis) is 1.